The Labute approximate surface area is 81.0 Å². The number of allylic oxidation sites excluding steroid dienone is 1. The fourth-order valence-corrected chi connectivity index (χ4v) is 0.645. The number of hydrogen-bond donors (Lipinski definition) is 1. The molecule has 0 radical (unpaired) electrons. The molecule has 0 aliphatic carbocycles. The van der Waals surface area contributed by atoms with Crippen LogP contribution in [0.15, 0.2) is 12.7 Å². The van der Waals surface area contributed by atoms with Crippen molar-refractivity contribution < 1.29 is 29.9 Å². The molecule has 0 aliphatic rings. The third kappa shape index (κ3) is 42.2. The van der Waals surface area contributed by atoms with Crippen LogP contribution >= 0.6 is 0 Å². The standard InChI is InChI=1S/C5H10O3S.BF4/c1-2-3-4-5-8-9(6)7;2-1(3,4)5/h2,9H,1,3-5H2;/q;-1. The van der Waals surface area contributed by atoms with Crippen molar-refractivity contribution in [2.24, 2.45) is 0 Å². The summed E-state index contributed by atoms with van der Waals surface area (Å²) < 4.78 is 62.8. The Morgan fingerprint density at radius 3 is 2.00 bits per heavy atom. The van der Waals surface area contributed by atoms with Gasteiger partial charge in [0, 0.05) is 0 Å². The molecule has 0 aliphatic heterocycles. The molecule has 14 heavy (non-hydrogen) atoms. The molecule has 86 valence electrons. The van der Waals surface area contributed by atoms with Crippen molar-refractivity contribution in [2.75, 3.05) is 6.61 Å². The Hall–Kier alpha value is -0.565. The van der Waals surface area contributed by atoms with Gasteiger partial charge in [-0.05, 0) is 12.8 Å². The first-order valence-corrected chi connectivity index (χ1v) is 4.62. The highest BCUT2D eigenvalue weighted by atomic mass is 32.2. The highest BCUT2D eigenvalue weighted by molar-refractivity contribution is 7.67. The quantitative estimate of drug-likeness (QED) is 0.260. The molecule has 0 aromatic rings. The molecule has 9 heteroatoms. The maximum absolute atomic E-state index is 9.75. The summed E-state index contributed by atoms with van der Waals surface area (Å²) in [7, 11) is -8.65. The molecule has 0 unspecified atom stereocenters. The van der Waals surface area contributed by atoms with Gasteiger partial charge in [0.1, 0.15) is 0 Å². The summed E-state index contributed by atoms with van der Waals surface area (Å²) in [5.41, 5.74) is 0. The molecular weight excluding hydrogens is 227 g/mol. The van der Waals surface area contributed by atoms with Gasteiger partial charge in [-0.3, -0.25) is 4.18 Å². The predicted molar refractivity (Wildman–Crippen MR) is 45.9 cm³/mol. The summed E-state index contributed by atoms with van der Waals surface area (Å²) in [4.78, 5) is 0. The van der Waals surface area contributed by atoms with Gasteiger partial charge in [0.05, 0.1) is 6.61 Å². The van der Waals surface area contributed by atoms with Crippen molar-refractivity contribution in [3.8, 4) is 0 Å². The fourth-order valence-electron chi connectivity index (χ4n) is 0.367. The van der Waals surface area contributed by atoms with E-state index in [4.69, 9.17) is 0 Å². The number of thiol groups is 1. The molecule has 0 saturated heterocycles. The second-order valence-electron chi connectivity index (χ2n) is 1.98. The van der Waals surface area contributed by atoms with Crippen LogP contribution in [0.1, 0.15) is 12.8 Å². The van der Waals surface area contributed by atoms with Crippen LogP contribution in [0, 0.1) is 0 Å². The minimum Gasteiger partial charge on any atom is -0.418 e. The van der Waals surface area contributed by atoms with Crippen LogP contribution in [0.4, 0.5) is 17.3 Å². The maximum atomic E-state index is 9.75. The van der Waals surface area contributed by atoms with Crippen LogP contribution in [-0.4, -0.2) is 22.3 Å². The van der Waals surface area contributed by atoms with Crippen LogP contribution in [0.3, 0.4) is 0 Å². The summed E-state index contributed by atoms with van der Waals surface area (Å²) in [5, 5.41) is 0. The van der Waals surface area contributed by atoms with Crippen LogP contribution in [0.5, 0.6) is 0 Å². The Kier molecular flexibility index (Phi) is 10.2. The third-order valence-corrected chi connectivity index (χ3v) is 1.14. The second kappa shape index (κ2) is 9.01. The monoisotopic (exact) mass is 237 g/mol. The van der Waals surface area contributed by atoms with Gasteiger partial charge in [-0.25, -0.2) is 8.42 Å². The van der Waals surface area contributed by atoms with Gasteiger partial charge < -0.3 is 17.3 Å². The smallest absolute Gasteiger partial charge is 0.418 e. The molecule has 0 atom stereocenters. The number of halogens is 4. The lowest BCUT2D eigenvalue weighted by molar-refractivity contribution is 0.328. The Bertz CT molecular complexity index is 202. The zero-order chi connectivity index (χ0) is 11.6. The Morgan fingerprint density at radius 2 is 1.71 bits per heavy atom. The predicted octanol–water partition coefficient (Wildman–Crippen LogP) is 1.80. The second-order valence-corrected chi connectivity index (χ2v) is 2.69. The van der Waals surface area contributed by atoms with E-state index in [-0.39, 0.29) is 6.61 Å². The van der Waals surface area contributed by atoms with Crippen molar-refractivity contribution in [3.63, 3.8) is 0 Å². The number of unbranched alkanes of at least 4 members (excludes halogenated alkanes) is 1. The molecule has 0 bridgehead atoms. The number of hydrogen-bond acceptors (Lipinski definition) is 3. The van der Waals surface area contributed by atoms with Crippen molar-refractivity contribution in [1.29, 1.82) is 0 Å². The molecule has 0 N–H and O–H groups in total. The largest absolute Gasteiger partial charge is 0.673 e. The SMILES string of the molecule is C=CCCCO[SH](=O)=O.F[B-](F)(F)F. The first-order chi connectivity index (χ1) is 6.27. The molecule has 0 saturated carbocycles. The maximum Gasteiger partial charge on any atom is 0.673 e. The van der Waals surface area contributed by atoms with Gasteiger partial charge in [0.25, 0.3) is 11.0 Å². The van der Waals surface area contributed by atoms with E-state index in [2.05, 4.69) is 10.8 Å². The van der Waals surface area contributed by atoms with E-state index in [1.807, 2.05) is 0 Å². The molecular formula is C5H10BF4O3S-. The van der Waals surface area contributed by atoms with E-state index in [0.717, 1.165) is 6.42 Å². The zero-order valence-corrected chi connectivity index (χ0v) is 8.06. The zero-order valence-electron chi connectivity index (χ0n) is 7.17. The van der Waals surface area contributed by atoms with Gasteiger partial charge in [-0.2, -0.15) is 0 Å². The van der Waals surface area contributed by atoms with Gasteiger partial charge in [0.2, 0.25) is 0 Å². The van der Waals surface area contributed by atoms with Gasteiger partial charge in [-0.1, -0.05) is 6.08 Å². The van der Waals surface area contributed by atoms with Gasteiger partial charge in [-0.15, -0.1) is 6.58 Å². The van der Waals surface area contributed by atoms with Crippen molar-refractivity contribution in [3.05, 3.63) is 12.7 Å². The molecule has 0 rings (SSSR count). The van der Waals surface area contributed by atoms with Crippen LogP contribution in [-0.2, 0) is 15.2 Å². The fraction of sp³-hybridized carbons (Fsp3) is 0.600. The summed E-state index contributed by atoms with van der Waals surface area (Å²) >= 11 is 0. The molecule has 0 amide bonds. The molecule has 0 fully saturated rings. The average molecular weight is 237 g/mol. The van der Waals surface area contributed by atoms with Crippen LogP contribution < -0.4 is 0 Å². The van der Waals surface area contributed by atoms with E-state index in [1.165, 1.54) is 0 Å². The third-order valence-electron chi connectivity index (χ3n) is 0.749. The van der Waals surface area contributed by atoms with E-state index in [0.29, 0.717) is 6.42 Å². The topological polar surface area (TPSA) is 43.4 Å². The van der Waals surface area contributed by atoms with Crippen LogP contribution in [0.25, 0.3) is 0 Å². The first-order valence-electron chi connectivity index (χ1n) is 3.53. The van der Waals surface area contributed by atoms with Crippen LogP contribution in [0.2, 0.25) is 0 Å². The van der Waals surface area contributed by atoms with Gasteiger partial charge >= 0.3 is 7.25 Å². The first kappa shape index (κ1) is 15.9. The van der Waals surface area contributed by atoms with E-state index < -0.39 is 18.2 Å². The minimum absolute atomic E-state index is 0.269. The summed E-state index contributed by atoms with van der Waals surface area (Å²) in [6.45, 7) is 3.74. The highest BCUT2D eigenvalue weighted by Crippen LogP contribution is 2.06. The van der Waals surface area contributed by atoms with Crippen molar-refractivity contribution >= 4 is 18.2 Å². The summed E-state index contributed by atoms with van der Waals surface area (Å²) in [6, 6.07) is 0. The molecule has 0 heterocycles. The molecule has 0 aromatic heterocycles. The summed E-state index contributed by atoms with van der Waals surface area (Å²) in [5.74, 6) is 0. The average Bonchev–Trinajstić information content (AvgIpc) is 1.94. The lowest BCUT2D eigenvalue weighted by Gasteiger charge is -1.94. The molecule has 3 nitrogen and oxygen atoms in total. The van der Waals surface area contributed by atoms with Gasteiger partial charge in [0.15, 0.2) is 0 Å². The lowest BCUT2D eigenvalue weighted by Crippen LogP contribution is -2.02. The lowest BCUT2D eigenvalue weighted by atomic mass is 10.3. The highest BCUT2D eigenvalue weighted by Gasteiger charge is 2.20. The minimum atomic E-state index is -6.00. The van der Waals surface area contributed by atoms with E-state index in [1.54, 1.807) is 6.08 Å². The van der Waals surface area contributed by atoms with E-state index >= 15 is 0 Å². The van der Waals surface area contributed by atoms with Crippen molar-refractivity contribution in [2.45, 2.75) is 12.8 Å². The van der Waals surface area contributed by atoms with Crippen molar-refractivity contribution in [1.82, 2.24) is 0 Å². The summed E-state index contributed by atoms with van der Waals surface area (Å²) in [6.07, 6.45) is 3.23. The Morgan fingerprint density at radius 1 is 1.29 bits per heavy atom. The molecule has 0 aromatic carbocycles. The number of rotatable bonds is 5. The normalized spacial score (nSPS) is 10.6. The molecule has 0 spiro atoms. The Balaban J connectivity index is 0. The van der Waals surface area contributed by atoms with E-state index in [9.17, 15) is 25.7 Å².